The maximum absolute atomic E-state index is 7.00. The summed E-state index contributed by atoms with van der Waals surface area (Å²) in [4.78, 5) is 0. The van der Waals surface area contributed by atoms with Gasteiger partial charge < -0.3 is 27.4 Å². The monoisotopic (exact) mass is 167 g/mol. The van der Waals surface area contributed by atoms with Crippen LogP contribution < -0.4 is 0 Å². The van der Waals surface area contributed by atoms with Crippen molar-refractivity contribution in [3.63, 3.8) is 0 Å². The molecule has 1 radical (unpaired) electrons. The fourth-order valence-electron chi connectivity index (χ4n) is 0. The number of hydrogen-bond acceptors (Lipinski definition) is 1. The van der Waals surface area contributed by atoms with Gasteiger partial charge in [-0.2, -0.15) is 0 Å². The first-order valence-corrected chi connectivity index (χ1v) is 0.447. The van der Waals surface area contributed by atoms with E-state index < -0.39 is 0 Å². The second kappa shape index (κ2) is 193. The molecule has 39 valence electrons. The molecule has 0 aromatic carbocycles. The molecule has 0 atom stereocenters. The van der Waals surface area contributed by atoms with Crippen LogP contribution in [0.2, 0.25) is 0 Å². The second-order valence-corrected chi connectivity index (χ2v) is 0. The summed E-state index contributed by atoms with van der Waals surface area (Å²) in [6, 6.07) is 0. The van der Waals surface area contributed by atoms with E-state index in [4.69, 9.17) is 5.11 Å². The first-order valence-electron chi connectivity index (χ1n) is 0.447. The Labute approximate surface area is 60.9 Å². The van der Waals surface area contributed by atoms with Crippen molar-refractivity contribution in [2.24, 2.45) is 0 Å². The molecule has 0 amide bonds. The minimum absolute atomic E-state index is 0. The van der Waals surface area contributed by atoms with Gasteiger partial charge in [-0.3, -0.25) is 0 Å². The SMILES string of the molecule is CO.[CH3-].[CH3-].[CH3-].[Zr+3]. The molecule has 1 nitrogen and oxygen atoms in total. The van der Waals surface area contributed by atoms with Gasteiger partial charge in [-0.05, 0) is 0 Å². The van der Waals surface area contributed by atoms with E-state index in [1.54, 1.807) is 0 Å². The summed E-state index contributed by atoms with van der Waals surface area (Å²) in [5.74, 6) is 0. The predicted molar refractivity (Wildman–Crippen MR) is 27.4 cm³/mol. The molecule has 0 saturated heterocycles. The number of hydrogen-bond donors (Lipinski definition) is 1. The summed E-state index contributed by atoms with van der Waals surface area (Å²) in [6.45, 7) is 0. The van der Waals surface area contributed by atoms with Gasteiger partial charge in [0.05, 0.1) is 0 Å². The van der Waals surface area contributed by atoms with Gasteiger partial charge in [0.15, 0.2) is 0 Å². The number of aliphatic hydroxyl groups excluding tert-OH is 1. The molecule has 2 heteroatoms. The molecule has 0 fully saturated rings. The van der Waals surface area contributed by atoms with Crippen molar-refractivity contribution in [1.29, 1.82) is 0 Å². The van der Waals surface area contributed by atoms with Gasteiger partial charge in [0.1, 0.15) is 0 Å². The summed E-state index contributed by atoms with van der Waals surface area (Å²) < 4.78 is 0. The van der Waals surface area contributed by atoms with Gasteiger partial charge in [0.2, 0.25) is 0 Å². The molecule has 0 rings (SSSR count). The van der Waals surface area contributed by atoms with Gasteiger partial charge >= 0.3 is 26.2 Å². The van der Waals surface area contributed by atoms with E-state index in [0.29, 0.717) is 0 Å². The van der Waals surface area contributed by atoms with Crippen molar-refractivity contribution in [2.45, 2.75) is 0 Å². The van der Waals surface area contributed by atoms with E-state index in [-0.39, 0.29) is 48.5 Å². The molecule has 0 saturated carbocycles. The molecule has 0 aliphatic carbocycles. The first-order chi connectivity index (χ1) is 1.00. The molecule has 1 N–H and O–H groups in total. The van der Waals surface area contributed by atoms with Crippen LogP contribution in [-0.2, 0) is 26.2 Å². The third-order valence-electron chi connectivity index (χ3n) is 0. The topological polar surface area (TPSA) is 20.2 Å². The van der Waals surface area contributed by atoms with Crippen molar-refractivity contribution in [1.82, 2.24) is 0 Å². The Morgan fingerprint density at radius 1 is 0.833 bits per heavy atom. The summed E-state index contributed by atoms with van der Waals surface area (Å²) >= 11 is 0. The Balaban J connectivity index is -0.000000000833. The number of aliphatic hydroxyl groups is 1. The van der Waals surface area contributed by atoms with E-state index >= 15 is 0 Å². The Morgan fingerprint density at radius 3 is 0.833 bits per heavy atom. The predicted octanol–water partition coefficient (Wildman–Crippen LogP) is 0.957. The van der Waals surface area contributed by atoms with E-state index in [1.165, 1.54) is 0 Å². The molecule has 0 aromatic rings. The summed E-state index contributed by atoms with van der Waals surface area (Å²) in [5, 5.41) is 7.00. The molecule has 0 unspecified atom stereocenters. The van der Waals surface area contributed by atoms with Crippen LogP contribution in [0.15, 0.2) is 0 Å². The maximum atomic E-state index is 7.00. The molecular weight excluding hydrogens is 155 g/mol. The van der Waals surface area contributed by atoms with Crippen molar-refractivity contribution in [2.75, 3.05) is 7.11 Å². The molecule has 0 aromatic heterocycles. The summed E-state index contributed by atoms with van der Waals surface area (Å²) in [7, 11) is 1.00. The van der Waals surface area contributed by atoms with E-state index in [9.17, 15) is 0 Å². The van der Waals surface area contributed by atoms with Gasteiger partial charge in [0, 0.05) is 7.11 Å². The van der Waals surface area contributed by atoms with Crippen LogP contribution in [0, 0.1) is 22.3 Å². The average Bonchev–Trinajstić information content (AvgIpc) is 1.00. The van der Waals surface area contributed by atoms with Crippen LogP contribution in [-0.4, -0.2) is 12.2 Å². The van der Waals surface area contributed by atoms with Crippen molar-refractivity contribution >= 4 is 0 Å². The summed E-state index contributed by atoms with van der Waals surface area (Å²) in [5.41, 5.74) is 0. The van der Waals surface area contributed by atoms with E-state index in [1.807, 2.05) is 0 Å². The molecule has 0 aliphatic rings. The molecule has 0 spiro atoms. The normalized spacial score (nSPS) is 1.00. The molecule has 0 bridgehead atoms. The number of rotatable bonds is 0. The molecule has 0 aliphatic heterocycles. The van der Waals surface area contributed by atoms with Gasteiger partial charge in [-0.15, -0.1) is 0 Å². The van der Waals surface area contributed by atoms with Crippen LogP contribution in [0.25, 0.3) is 0 Å². The van der Waals surface area contributed by atoms with Crippen LogP contribution >= 0.6 is 0 Å². The zero-order chi connectivity index (χ0) is 2.00. The molecular formula is C4H13OZr. The molecule has 6 heavy (non-hydrogen) atoms. The quantitative estimate of drug-likeness (QED) is 0.534. The zero-order valence-electron chi connectivity index (χ0n) is 4.95. The minimum Gasteiger partial charge on any atom is -0.400 e. The smallest absolute Gasteiger partial charge is 0.400 e. The van der Waals surface area contributed by atoms with Crippen molar-refractivity contribution in [3.05, 3.63) is 22.3 Å². The largest absolute Gasteiger partial charge is 3.00 e. The van der Waals surface area contributed by atoms with Crippen LogP contribution in [0.3, 0.4) is 0 Å². The van der Waals surface area contributed by atoms with E-state index in [0.717, 1.165) is 7.11 Å². The molecule has 0 heterocycles. The third kappa shape index (κ3) is 101. The first kappa shape index (κ1) is 68.8. The standard InChI is InChI=1S/CH4O.3CH3.Zr/c1-2;;;;/h2H,1H3;3*1H3;/q;3*-1;+3. The van der Waals surface area contributed by atoms with Gasteiger partial charge in [-0.1, -0.05) is 0 Å². The Morgan fingerprint density at radius 2 is 0.833 bits per heavy atom. The Bertz CT molecular complexity index is 7.51. The van der Waals surface area contributed by atoms with Crippen molar-refractivity contribution < 1.29 is 31.3 Å². The van der Waals surface area contributed by atoms with Gasteiger partial charge in [-0.25, -0.2) is 0 Å². The average molecular weight is 168 g/mol. The Hall–Kier alpha value is 0.843. The fraction of sp³-hybridized carbons (Fsp3) is 0.250. The zero-order valence-corrected chi connectivity index (χ0v) is 7.41. The van der Waals surface area contributed by atoms with Gasteiger partial charge in [0.25, 0.3) is 0 Å². The third-order valence-corrected chi connectivity index (χ3v) is 0. The van der Waals surface area contributed by atoms with Crippen molar-refractivity contribution in [3.8, 4) is 0 Å². The Kier molecular flexibility index (Phi) is 2210. The van der Waals surface area contributed by atoms with Crippen LogP contribution in [0.5, 0.6) is 0 Å². The van der Waals surface area contributed by atoms with Crippen LogP contribution in [0.4, 0.5) is 0 Å². The summed E-state index contributed by atoms with van der Waals surface area (Å²) in [6.07, 6.45) is 0. The fourth-order valence-corrected chi connectivity index (χ4v) is 0. The second-order valence-electron chi connectivity index (χ2n) is 0. The van der Waals surface area contributed by atoms with E-state index in [2.05, 4.69) is 0 Å². The maximum Gasteiger partial charge on any atom is 3.00 e. The minimum atomic E-state index is 0. The van der Waals surface area contributed by atoms with Crippen LogP contribution in [0.1, 0.15) is 0 Å².